The van der Waals surface area contributed by atoms with Crippen LogP contribution >= 0.6 is 0 Å². The molecule has 0 spiro atoms. The molecule has 1 aromatic heterocycles. The highest BCUT2D eigenvalue weighted by molar-refractivity contribution is 6.13. The van der Waals surface area contributed by atoms with Crippen molar-refractivity contribution >= 4 is 38.9 Å². The van der Waals surface area contributed by atoms with Crippen LogP contribution in [0.25, 0.3) is 49.7 Å². The van der Waals surface area contributed by atoms with Crippen molar-refractivity contribution in [2.75, 3.05) is 4.90 Å². The maximum atomic E-state index is 2.53. The Labute approximate surface area is 351 Å². The fourth-order valence-electron chi connectivity index (χ4n) is 10.8. The van der Waals surface area contributed by atoms with Crippen LogP contribution in [0.1, 0.15) is 47.2 Å². The zero-order chi connectivity index (χ0) is 40.0. The molecular weight excluding hydrogens is 725 g/mol. The first kappa shape index (κ1) is 34.6. The number of nitrogens with zero attached hydrogens (tertiary/aromatic N) is 2. The van der Waals surface area contributed by atoms with Gasteiger partial charge in [0.1, 0.15) is 0 Å². The summed E-state index contributed by atoms with van der Waals surface area (Å²) in [7, 11) is 0. The monoisotopic (exact) mass is 766 g/mol. The summed E-state index contributed by atoms with van der Waals surface area (Å²) in [4.78, 5) is 2.45. The molecule has 60 heavy (non-hydrogen) atoms. The van der Waals surface area contributed by atoms with E-state index < -0.39 is 5.41 Å². The highest BCUT2D eigenvalue weighted by atomic mass is 15.1. The largest absolute Gasteiger partial charge is 0.310 e. The van der Waals surface area contributed by atoms with Gasteiger partial charge < -0.3 is 9.47 Å². The van der Waals surface area contributed by atoms with Gasteiger partial charge in [0.05, 0.1) is 22.1 Å². The van der Waals surface area contributed by atoms with Crippen LogP contribution in [0.4, 0.5) is 17.1 Å². The van der Waals surface area contributed by atoms with Crippen molar-refractivity contribution in [1.82, 2.24) is 4.57 Å². The first-order chi connectivity index (χ1) is 29.5. The van der Waals surface area contributed by atoms with E-state index in [2.05, 4.69) is 242 Å². The van der Waals surface area contributed by atoms with Crippen molar-refractivity contribution in [2.24, 2.45) is 0 Å². The second-order valence-electron chi connectivity index (χ2n) is 16.9. The van der Waals surface area contributed by atoms with Gasteiger partial charge in [0, 0.05) is 33.2 Å². The standard InChI is InChI=1S/C58H42N2/c1-57(2)50-25-13-12-23-46(50)47-35-33-45(38-53(47)57)59(43-31-29-40(30-32-43)39-17-6-3-7-18-39)44-34-36-54-49(37-44)48-24-16-27-52-56(48)60(54)55-28-15-14-26-51(55)58(52,41-19-8-4-9-20-41)42-21-10-5-11-22-42/h3-38H,1-2H3. The molecule has 0 N–H and O–H groups in total. The van der Waals surface area contributed by atoms with Gasteiger partial charge in [-0.3, -0.25) is 0 Å². The fraction of sp³-hybridized carbons (Fsp3) is 0.0690. The van der Waals surface area contributed by atoms with Gasteiger partial charge in [0.2, 0.25) is 0 Å². The van der Waals surface area contributed by atoms with Crippen molar-refractivity contribution in [2.45, 2.75) is 24.7 Å². The van der Waals surface area contributed by atoms with Gasteiger partial charge in [0.15, 0.2) is 0 Å². The quantitative estimate of drug-likeness (QED) is 0.164. The van der Waals surface area contributed by atoms with Gasteiger partial charge in [-0.25, -0.2) is 0 Å². The van der Waals surface area contributed by atoms with Crippen molar-refractivity contribution in [3.8, 4) is 27.9 Å². The van der Waals surface area contributed by atoms with Gasteiger partial charge in [-0.05, 0) is 104 Å². The Morgan fingerprint density at radius 2 is 0.933 bits per heavy atom. The maximum Gasteiger partial charge on any atom is 0.0742 e. The van der Waals surface area contributed by atoms with Crippen molar-refractivity contribution in [3.63, 3.8) is 0 Å². The molecular formula is C58H42N2. The molecule has 0 bridgehead atoms. The van der Waals surface area contributed by atoms with Gasteiger partial charge in [0.25, 0.3) is 0 Å². The number of rotatable bonds is 6. The summed E-state index contributed by atoms with van der Waals surface area (Å²) in [6.07, 6.45) is 0. The Hall–Kier alpha value is -7.42. The molecule has 2 heteroatoms. The third-order valence-electron chi connectivity index (χ3n) is 13.5. The highest BCUT2D eigenvalue weighted by Gasteiger charge is 2.45. The molecule has 0 atom stereocenters. The van der Waals surface area contributed by atoms with E-state index in [1.54, 1.807) is 0 Å². The lowest BCUT2D eigenvalue weighted by Crippen LogP contribution is -2.35. The molecule has 9 aromatic carbocycles. The molecule has 0 saturated carbocycles. The highest BCUT2D eigenvalue weighted by Crippen LogP contribution is 2.55. The number of hydrogen-bond acceptors (Lipinski definition) is 1. The summed E-state index contributed by atoms with van der Waals surface area (Å²) < 4.78 is 2.53. The molecule has 2 nitrogen and oxygen atoms in total. The second kappa shape index (κ2) is 13.0. The molecule has 12 rings (SSSR count). The van der Waals surface area contributed by atoms with Crippen LogP contribution in [0, 0.1) is 0 Å². The van der Waals surface area contributed by atoms with Gasteiger partial charge in [-0.2, -0.15) is 0 Å². The minimum atomic E-state index is -0.507. The molecule has 1 aliphatic carbocycles. The minimum Gasteiger partial charge on any atom is -0.310 e. The summed E-state index contributed by atoms with van der Waals surface area (Å²) in [6.45, 7) is 4.73. The number of para-hydroxylation sites is 2. The predicted molar refractivity (Wildman–Crippen MR) is 250 cm³/mol. The molecule has 2 aliphatic rings. The minimum absolute atomic E-state index is 0.120. The summed E-state index contributed by atoms with van der Waals surface area (Å²) >= 11 is 0. The summed E-state index contributed by atoms with van der Waals surface area (Å²) in [6, 6.07) is 81.0. The van der Waals surface area contributed by atoms with Crippen LogP contribution in [-0.4, -0.2) is 4.57 Å². The summed E-state index contributed by atoms with van der Waals surface area (Å²) in [5.74, 6) is 0. The fourth-order valence-corrected chi connectivity index (χ4v) is 10.8. The van der Waals surface area contributed by atoms with E-state index in [1.165, 1.54) is 83.1 Å². The van der Waals surface area contributed by atoms with Crippen molar-refractivity contribution in [3.05, 3.63) is 252 Å². The van der Waals surface area contributed by atoms with Crippen LogP contribution < -0.4 is 4.90 Å². The normalized spacial score (nSPS) is 14.1. The number of aromatic nitrogens is 1. The van der Waals surface area contributed by atoms with Crippen LogP contribution in [0.2, 0.25) is 0 Å². The number of hydrogen-bond donors (Lipinski definition) is 0. The van der Waals surface area contributed by atoms with E-state index in [0.717, 1.165) is 17.1 Å². The lowest BCUT2D eigenvalue weighted by Gasteiger charge is -2.41. The predicted octanol–water partition coefficient (Wildman–Crippen LogP) is 14.9. The average Bonchev–Trinajstić information content (AvgIpc) is 3.76. The van der Waals surface area contributed by atoms with Crippen LogP contribution in [0.5, 0.6) is 0 Å². The topological polar surface area (TPSA) is 8.17 Å². The van der Waals surface area contributed by atoms with E-state index in [1.807, 2.05) is 0 Å². The lowest BCUT2D eigenvalue weighted by molar-refractivity contribution is 0.660. The molecule has 0 radical (unpaired) electrons. The Morgan fingerprint density at radius 3 is 1.67 bits per heavy atom. The second-order valence-corrected chi connectivity index (χ2v) is 16.9. The first-order valence-electron chi connectivity index (χ1n) is 21.0. The number of benzene rings is 9. The Balaban J connectivity index is 1.11. The number of anilines is 3. The molecule has 0 amide bonds. The molecule has 2 heterocycles. The summed E-state index contributed by atoms with van der Waals surface area (Å²) in [5, 5.41) is 2.48. The van der Waals surface area contributed by atoms with E-state index in [4.69, 9.17) is 0 Å². The van der Waals surface area contributed by atoms with Crippen LogP contribution in [0.3, 0.4) is 0 Å². The Kier molecular flexibility index (Phi) is 7.52. The van der Waals surface area contributed by atoms with Crippen molar-refractivity contribution < 1.29 is 0 Å². The van der Waals surface area contributed by atoms with Gasteiger partial charge in [-0.15, -0.1) is 0 Å². The lowest BCUT2D eigenvalue weighted by atomic mass is 9.63. The summed E-state index contributed by atoms with van der Waals surface area (Å²) in [5.41, 5.74) is 19.3. The third-order valence-corrected chi connectivity index (χ3v) is 13.5. The van der Waals surface area contributed by atoms with Gasteiger partial charge in [-0.1, -0.05) is 184 Å². The Bertz CT molecular complexity index is 3230. The maximum absolute atomic E-state index is 2.53. The van der Waals surface area contributed by atoms with E-state index in [-0.39, 0.29) is 5.41 Å². The molecule has 10 aromatic rings. The molecule has 0 saturated heterocycles. The van der Waals surface area contributed by atoms with E-state index in [9.17, 15) is 0 Å². The van der Waals surface area contributed by atoms with E-state index >= 15 is 0 Å². The smallest absolute Gasteiger partial charge is 0.0742 e. The SMILES string of the molecule is CC1(C)c2ccccc2-c2ccc(N(c3ccc(-c4ccccc4)cc3)c3ccc4c(c3)c3cccc5c3n4-c3ccccc3C5(c3ccccc3)c3ccccc3)cc21. The van der Waals surface area contributed by atoms with Crippen LogP contribution in [0.15, 0.2) is 218 Å². The molecule has 284 valence electrons. The third kappa shape index (κ3) is 4.82. The van der Waals surface area contributed by atoms with E-state index in [0.29, 0.717) is 0 Å². The Morgan fingerprint density at radius 1 is 0.383 bits per heavy atom. The molecule has 0 unspecified atom stereocenters. The van der Waals surface area contributed by atoms with Crippen LogP contribution in [-0.2, 0) is 10.8 Å². The molecule has 1 aliphatic heterocycles. The number of fused-ring (bicyclic) bond motifs is 8. The van der Waals surface area contributed by atoms with Crippen molar-refractivity contribution in [1.29, 1.82) is 0 Å². The molecule has 0 fully saturated rings. The average molecular weight is 767 g/mol. The zero-order valence-electron chi connectivity index (χ0n) is 33.7. The van der Waals surface area contributed by atoms with Gasteiger partial charge >= 0.3 is 0 Å². The zero-order valence-corrected chi connectivity index (χ0v) is 33.7. The first-order valence-corrected chi connectivity index (χ1v) is 21.0.